The van der Waals surface area contributed by atoms with E-state index in [-0.39, 0.29) is 5.91 Å². The number of anilines is 1. The van der Waals surface area contributed by atoms with Gasteiger partial charge in [-0.25, -0.2) is 0 Å². The maximum atomic E-state index is 11.9. The van der Waals surface area contributed by atoms with Crippen molar-refractivity contribution < 1.29 is 4.79 Å². The molecule has 3 nitrogen and oxygen atoms in total. The van der Waals surface area contributed by atoms with E-state index in [2.05, 4.69) is 10.3 Å². The number of nitrogens with one attached hydrogen (secondary N) is 1. The zero-order valence-corrected chi connectivity index (χ0v) is 11.4. The van der Waals surface area contributed by atoms with E-state index in [1.165, 1.54) is 0 Å². The van der Waals surface area contributed by atoms with Gasteiger partial charge in [-0.15, -0.1) is 11.3 Å². The smallest absolute Gasteiger partial charge is 0.248 e. The van der Waals surface area contributed by atoms with Gasteiger partial charge in [0.15, 0.2) is 0 Å². The van der Waals surface area contributed by atoms with Gasteiger partial charge in [0, 0.05) is 22.5 Å². The van der Waals surface area contributed by atoms with Crippen LogP contribution in [-0.4, -0.2) is 10.9 Å². The molecule has 3 rings (SSSR count). The zero-order valence-electron chi connectivity index (χ0n) is 10.6. The number of hydrogen-bond acceptors (Lipinski definition) is 3. The molecule has 1 amide bonds. The van der Waals surface area contributed by atoms with Crippen molar-refractivity contribution in [3.8, 4) is 0 Å². The molecule has 0 aliphatic rings. The second kappa shape index (κ2) is 5.67. The lowest BCUT2D eigenvalue weighted by molar-refractivity contribution is -0.111. The van der Waals surface area contributed by atoms with Gasteiger partial charge in [-0.05, 0) is 29.7 Å². The summed E-state index contributed by atoms with van der Waals surface area (Å²) in [6, 6.07) is 13.5. The summed E-state index contributed by atoms with van der Waals surface area (Å²) in [7, 11) is 0. The monoisotopic (exact) mass is 280 g/mol. The van der Waals surface area contributed by atoms with Crippen molar-refractivity contribution >= 4 is 39.9 Å². The third-order valence-electron chi connectivity index (χ3n) is 2.85. The van der Waals surface area contributed by atoms with Crippen LogP contribution in [0.4, 0.5) is 5.69 Å². The third kappa shape index (κ3) is 2.75. The number of carbonyl (C=O) groups is 1. The lowest BCUT2D eigenvalue weighted by Gasteiger charge is -2.05. The second-order valence-electron chi connectivity index (χ2n) is 4.21. The van der Waals surface area contributed by atoms with E-state index < -0.39 is 0 Å². The van der Waals surface area contributed by atoms with Crippen LogP contribution in [0, 0.1) is 0 Å². The average molecular weight is 280 g/mol. The van der Waals surface area contributed by atoms with Crippen molar-refractivity contribution in [3.63, 3.8) is 0 Å². The summed E-state index contributed by atoms with van der Waals surface area (Å²) in [4.78, 5) is 17.3. The van der Waals surface area contributed by atoms with Crippen LogP contribution in [0.25, 0.3) is 17.0 Å². The van der Waals surface area contributed by atoms with E-state index in [9.17, 15) is 4.79 Å². The van der Waals surface area contributed by atoms with E-state index in [1.807, 2.05) is 47.9 Å². The summed E-state index contributed by atoms with van der Waals surface area (Å²) in [6.07, 6.45) is 5.05. The quantitative estimate of drug-likeness (QED) is 0.738. The minimum atomic E-state index is -0.144. The van der Waals surface area contributed by atoms with Gasteiger partial charge < -0.3 is 5.32 Å². The van der Waals surface area contributed by atoms with Crippen LogP contribution in [-0.2, 0) is 4.79 Å². The number of nitrogens with zero attached hydrogens (tertiary/aromatic N) is 1. The molecule has 0 spiro atoms. The highest BCUT2D eigenvalue weighted by Crippen LogP contribution is 2.21. The molecule has 98 valence electrons. The fraction of sp³-hybridized carbons (Fsp3) is 0. The van der Waals surface area contributed by atoms with Gasteiger partial charge in [-0.2, -0.15) is 0 Å². The molecular formula is C16H12N2OS. The zero-order chi connectivity index (χ0) is 13.8. The fourth-order valence-electron chi connectivity index (χ4n) is 1.92. The minimum absolute atomic E-state index is 0.144. The maximum Gasteiger partial charge on any atom is 0.248 e. The fourth-order valence-corrected chi connectivity index (χ4v) is 2.54. The predicted octanol–water partition coefficient (Wildman–Crippen LogP) is 3.95. The first-order chi connectivity index (χ1) is 9.83. The lowest BCUT2D eigenvalue weighted by atomic mass is 10.2. The number of para-hydroxylation sites is 1. The van der Waals surface area contributed by atoms with Crippen LogP contribution in [0.3, 0.4) is 0 Å². The number of carbonyl (C=O) groups excluding carboxylic acids is 1. The Labute approximate surface area is 120 Å². The molecule has 3 aromatic rings. The Hall–Kier alpha value is -2.46. The van der Waals surface area contributed by atoms with E-state index in [4.69, 9.17) is 0 Å². The summed E-state index contributed by atoms with van der Waals surface area (Å²) >= 11 is 1.60. The average Bonchev–Trinajstić information content (AvgIpc) is 2.99. The van der Waals surface area contributed by atoms with E-state index in [0.717, 1.165) is 21.5 Å². The molecule has 0 bridgehead atoms. The number of hydrogen-bond donors (Lipinski definition) is 1. The number of pyridine rings is 1. The van der Waals surface area contributed by atoms with Crippen LogP contribution >= 0.6 is 11.3 Å². The normalized spacial score (nSPS) is 11.0. The number of aromatic nitrogens is 1. The van der Waals surface area contributed by atoms with E-state index in [0.29, 0.717) is 0 Å². The van der Waals surface area contributed by atoms with Crippen molar-refractivity contribution in [2.24, 2.45) is 0 Å². The first-order valence-electron chi connectivity index (χ1n) is 6.19. The molecule has 1 aromatic carbocycles. The Balaban J connectivity index is 1.81. The van der Waals surface area contributed by atoms with Crippen molar-refractivity contribution in [1.29, 1.82) is 0 Å². The van der Waals surface area contributed by atoms with Gasteiger partial charge in [-0.3, -0.25) is 9.78 Å². The van der Waals surface area contributed by atoms with Gasteiger partial charge >= 0.3 is 0 Å². The third-order valence-corrected chi connectivity index (χ3v) is 3.69. The number of rotatable bonds is 3. The summed E-state index contributed by atoms with van der Waals surface area (Å²) in [5, 5.41) is 5.80. The summed E-state index contributed by atoms with van der Waals surface area (Å²) in [5.41, 5.74) is 1.64. The van der Waals surface area contributed by atoms with Crippen LogP contribution in [0.5, 0.6) is 0 Å². The van der Waals surface area contributed by atoms with Crippen molar-refractivity contribution in [2.75, 3.05) is 5.32 Å². The molecule has 0 radical (unpaired) electrons. The number of benzene rings is 1. The summed E-state index contributed by atoms with van der Waals surface area (Å²) in [5.74, 6) is -0.144. The van der Waals surface area contributed by atoms with Crippen molar-refractivity contribution in [3.05, 3.63) is 65.0 Å². The maximum absolute atomic E-state index is 11.9. The Kier molecular flexibility index (Phi) is 3.56. The number of thiophene rings is 1. The molecular weight excluding hydrogens is 268 g/mol. The molecule has 0 atom stereocenters. The Morgan fingerprint density at radius 1 is 1.15 bits per heavy atom. The highest BCUT2D eigenvalue weighted by Gasteiger charge is 2.03. The summed E-state index contributed by atoms with van der Waals surface area (Å²) in [6.45, 7) is 0. The molecule has 1 N–H and O–H groups in total. The van der Waals surface area contributed by atoms with Crippen LogP contribution in [0.2, 0.25) is 0 Å². The number of amides is 1. The highest BCUT2D eigenvalue weighted by molar-refractivity contribution is 7.10. The standard InChI is InChI=1S/C16H12N2OS/c19-16(8-7-12-4-3-11-20-12)18-15-9-10-17-14-6-2-1-5-13(14)15/h1-11H,(H,17,18,19). The SMILES string of the molecule is O=C(C=Cc1cccs1)Nc1ccnc2ccccc12. The number of fused-ring (bicyclic) bond motifs is 1. The second-order valence-corrected chi connectivity index (χ2v) is 5.19. The summed E-state index contributed by atoms with van der Waals surface area (Å²) < 4.78 is 0. The van der Waals surface area contributed by atoms with Crippen LogP contribution in [0.1, 0.15) is 4.88 Å². The van der Waals surface area contributed by atoms with Crippen LogP contribution < -0.4 is 5.32 Å². The predicted molar refractivity (Wildman–Crippen MR) is 83.7 cm³/mol. The van der Waals surface area contributed by atoms with Gasteiger partial charge in [0.25, 0.3) is 0 Å². The molecule has 2 aromatic heterocycles. The Morgan fingerprint density at radius 3 is 2.90 bits per heavy atom. The molecule has 4 heteroatoms. The Morgan fingerprint density at radius 2 is 2.05 bits per heavy atom. The first-order valence-corrected chi connectivity index (χ1v) is 7.07. The van der Waals surface area contributed by atoms with Gasteiger partial charge in [0.05, 0.1) is 11.2 Å². The molecule has 0 saturated heterocycles. The highest BCUT2D eigenvalue weighted by atomic mass is 32.1. The van der Waals surface area contributed by atoms with Crippen molar-refractivity contribution in [1.82, 2.24) is 4.98 Å². The van der Waals surface area contributed by atoms with Crippen LogP contribution in [0.15, 0.2) is 60.1 Å². The van der Waals surface area contributed by atoms with Gasteiger partial charge in [0.2, 0.25) is 5.91 Å². The molecule has 0 unspecified atom stereocenters. The first kappa shape index (κ1) is 12.6. The molecule has 0 fully saturated rings. The van der Waals surface area contributed by atoms with Gasteiger partial charge in [-0.1, -0.05) is 24.3 Å². The topological polar surface area (TPSA) is 42.0 Å². The lowest BCUT2D eigenvalue weighted by Crippen LogP contribution is -2.08. The molecule has 20 heavy (non-hydrogen) atoms. The molecule has 0 aliphatic carbocycles. The largest absolute Gasteiger partial charge is 0.322 e. The molecule has 0 aliphatic heterocycles. The molecule has 0 saturated carbocycles. The molecule has 2 heterocycles. The Bertz CT molecular complexity index is 758. The van der Waals surface area contributed by atoms with Gasteiger partial charge in [0.1, 0.15) is 0 Å². The van der Waals surface area contributed by atoms with E-state index >= 15 is 0 Å². The van der Waals surface area contributed by atoms with E-state index in [1.54, 1.807) is 29.7 Å². The minimum Gasteiger partial charge on any atom is -0.322 e. The van der Waals surface area contributed by atoms with Crippen molar-refractivity contribution in [2.45, 2.75) is 0 Å².